The first-order chi connectivity index (χ1) is 4.50. The summed E-state index contributed by atoms with van der Waals surface area (Å²) in [5.41, 5.74) is 0. The molecule has 1 rings (SSSR count). The highest BCUT2D eigenvalue weighted by Gasteiger charge is 1.95. The van der Waals surface area contributed by atoms with Gasteiger partial charge in [-0.2, -0.15) is 0 Å². The number of hydrogen-bond acceptors (Lipinski definition) is 0. The van der Waals surface area contributed by atoms with Crippen LogP contribution in [-0.4, -0.2) is 30.6 Å². The van der Waals surface area contributed by atoms with Gasteiger partial charge in [0.15, 0.2) is 0 Å². The van der Waals surface area contributed by atoms with Crippen LogP contribution in [-0.2, 0) is 0 Å². The Morgan fingerprint density at radius 1 is 0.667 bits per heavy atom. The van der Waals surface area contributed by atoms with Gasteiger partial charge in [-0.3, -0.25) is 0 Å². The summed E-state index contributed by atoms with van der Waals surface area (Å²) in [6, 6.07) is 0. The van der Waals surface area contributed by atoms with Crippen molar-refractivity contribution in [1.82, 2.24) is 0 Å². The van der Waals surface area contributed by atoms with Gasteiger partial charge in [0.25, 0.3) is 0 Å². The molecule has 0 nitrogen and oxygen atoms in total. The molecule has 0 saturated carbocycles. The third-order valence-corrected chi connectivity index (χ3v) is 6.56. The van der Waals surface area contributed by atoms with E-state index in [1.165, 1.54) is 38.3 Å². The van der Waals surface area contributed by atoms with Crippen LogP contribution in [0.3, 0.4) is 0 Å². The van der Waals surface area contributed by atoms with E-state index in [0.29, 0.717) is 0 Å². The Bertz CT molecular complexity index is 36.8. The summed E-state index contributed by atoms with van der Waals surface area (Å²) >= 11 is 0. The molecule has 1 saturated heterocycles. The van der Waals surface area contributed by atoms with Crippen LogP contribution in [0.5, 0.6) is 0 Å². The van der Waals surface area contributed by atoms with Gasteiger partial charge >= 0.3 is 0 Å². The van der Waals surface area contributed by atoms with Crippen molar-refractivity contribution in [2.45, 2.75) is 6.42 Å². The van der Waals surface area contributed by atoms with Gasteiger partial charge in [-0.25, -0.2) is 0 Å². The van der Waals surface area contributed by atoms with E-state index in [1.54, 1.807) is 24.4 Å². The molecule has 0 bridgehead atoms. The summed E-state index contributed by atoms with van der Waals surface area (Å²) in [6.45, 7) is 0. The van der Waals surface area contributed by atoms with Crippen LogP contribution in [0.25, 0.3) is 0 Å². The number of rotatable bonds is 0. The molecule has 0 N–H and O–H groups in total. The first-order valence-electron chi connectivity index (χ1n) is 3.62. The molecule has 54 valence electrons. The van der Waals surface area contributed by atoms with Crippen molar-refractivity contribution in [3.05, 3.63) is 0 Å². The number of hydrogen-bond donors (Lipinski definition) is 0. The summed E-state index contributed by atoms with van der Waals surface area (Å²) in [5, 5.41) is 0. The predicted molar refractivity (Wildman–Crippen MR) is 53.9 cm³/mol. The standard InChI is InChI=1S/C6H15P3/c1-2-7-4-5-9-6-8-3-1/h7-9H,1-6H2. The minimum atomic E-state index is 1.30. The molecule has 3 unspecified atom stereocenters. The van der Waals surface area contributed by atoms with Crippen LogP contribution in [0.15, 0.2) is 0 Å². The quantitative estimate of drug-likeness (QED) is 0.502. The van der Waals surface area contributed by atoms with Crippen molar-refractivity contribution in [3.8, 4) is 0 Å². The third-order valence-electron chi connectivity index (χ3n) is 1.44. The zero-order valence-corrected chi connectivity index (χ0v) is 8.74. The molecule has 1 aliphatic rings. The SMILES string of the molecule is C1CPCCPCPC1. The average molecular weight is 180 g/mol. The lowest BCUT2D eigenvalue weighted by atomic mass is 10.6. The van der Waals surface area contributed by atoms with E-state index in [1.807, 2.05) is 0 Å². The predicted octanol–water partition coefficient (Wildman–Crippen LogP) is 2.38. The van der Waals surface area contributed by atoms with Gasteiger partial charge < -0.3 is 0 Å². The molecule has 0 aromatic carbocycles. The lowest BCUT2D eigenvalue weighted by Gasteiger charge is -1.94. The second-order valence-corrected chi connectivity index (χ2v) is 7.19. The summed E-state index contributed by atoms with van der Waals surface area (Å²) in [4.78, 5) is 0. The first-order valence-corrected chi connectivity index (χ1v) is 7.86. The second-order valence-electron chi connectivity index (χ2n) is 2.28. The van der Waals surface area contributed by atoms with Crippen LogP contribution < -0.4 is 0 Å². The molecule has 3 heteroatoms. The Morgan fingerprint density at radius 2 is 1.33 bits per heavy atom. The molecule has 1 aliphatic heterocycles. The van der Waals surface area contributed by atoms with Crippen molar-refractivity contribution >= 4 is 25.7 Å². The fourth-order valence-corrected chi connectivity index (χ4v) is 5.90. The van der Waals surface area contributed by atoms with Crippen molar-refractivity contribution in [1.29, 1.82) is 0 Å². The molecular formula is C6H15P3. The molecule has 3 atom stereocenters. The van der Waals surface area contributed by atoms with Crippen molar-refractivity contribution in [2.75, 3.05) is 30.6 Å². The van der Waals surface area contributed by atoms with Crippen molar-refractivity contribution in [2.24, 2.45) is 0 Å². The fourth-order valence-electron chi connectivity index (χ4n) is 0.905. The van der Waals surface area contributed by atoms with Gasteiger partial charge in [0.2, 0.25) is 0 Å². The highest BCUT2D eigenvalue weighted by molar-refractivity contribution is 7.56. The molecule has 9 heavy (non-hydrogen) atoms. The van der Waals surface area contributed by atoms with Gasteiger partial charge in [0.05, 0.1) is 0 Å². The van der Waals surface area contributed by atoms with Crippen LogP contribution in [0, 0.1) is 0 Å². The first kappa shape index (κ1) is 8.39. The molecule has 0 aliphatic carbocycles. The molecule has 1 heterocycles. The van der Waals surface area contributed by atoms with Crippen molar-refractivity contribution < 1.29 is 0 Å². The average Bonchev–Trinajstić information content (AvgIpc) is 2.00. The lowest BCUT2D eigenvalue weighted by Crippen LogP contribution is -1.80. The molecule has 0 aromatic heterocycles. The van der Waals surface area contributed by atoms with Crippen molar-refractivity contribution in [3.63, 3.8) is 0 Å². The summed E-state index contributed by atoms with van der Waals surface area (Å²) in [5.74, 6) is 1.56. The van der Waals surface area contributed by atoms with E-state index in [0.717, 1.165) is 0 Å². The maximum atomic E-state index is 1.56. The highest BCUT2D eigenvalue weighted by Crippen LogP contribution is 2.29. The molecule has 0 amide bonds. The van der Waals surface area contributed by atoms with E-state index in [9.17, 15) is 0 Å². The molecule has 0 radical (unpaired) electrons. The smallest absolute Gasteiger partial charge is 0.0175 e. The monoisotopic (exact) mass is 180 g/mol. The van der Waals surface area contributed by atoms with E-state index >= 15 is 0 Å². The van der Waals surface area contributed by atoms with E-state index in [4.69, 9.17) is 0 Å². The topological polar surface area (TPSA) is 0 Å². The maximum absolute atomic E-state index is 1.56. The van der Waals surface area contributed by atoms with Gasteiger partial charge in [-0.05, 0) is 37.0 Å². The molecule has 1 fully saturated rings. The van der Waals surface area contributed by atoms with Gasteiger partial charge in [0, 0.05) is 0 Å². The Kier molecular flexibility index (Phi) is 5.62. The minimum absolute atomic E-state index is 1.30. The van der Waals surface area contributed by atoms with Gasteiger partial charge in [-0.15, -0.1) is 25.7 Å². The Morgan fingerprint density at radius 3 is 2.33 bits per heavy atom. The zero-order valence-electron chi connectivity index (χ0n) is 5.74. The maximum Gasteiger partial charge on any atom is -0.0175 e. The zero-order chi connectivity index (χ0) is 6.36. The minimum Gasteiger partial charge on any atom is -0.122 e. The Labute approximate surface area is 63.3 Å². The summed E-state index contributed by atoms with van der Waals surface area (Å²) < 4.78 is 0. The largest absolute Gasteiger partial charge is 0.122 e. The van der Waals surface area contributed by atoms with Crippen LogP contribution in [0.4, 0.5) is 0 Å². The molecular weight excluding hydrogens is 165 g/mol. The molecule has 0 spiro atoms. The van der Waals surface area contributed by atoms with Gasteiger partial charge in [-0.1, -0.05) is 0 Å². The Balaban J connectivity index is 2.02. The van der Waals surface area contributed by atoms with E-state index in [2.05, 4.69) is 0 Å². The third kappa shape index (κ3) is 4.66. The normalized spacial score (nSPS) is 32.0. The van der Waals surface area contributed by atoms with Crippen LogP contribution in [0.2, 0.25) is 0 Å². The van der Waals surface area contributed by atoms with E-state index in [-0.39, 0.29) is 0 Å². The van der Waals surface area contributed by atoms with Gasteiger partial charge in [0.1, 0.15) is 0 Å². The van der Waals surface area contributed by atoms with Crippen LogP contribution >= 0.6 is 25.7 Å². The molecule has 0 aromatic rings. The fraction of sp³-hybridized carbons (Fsp3) is 1.00. The Hall–Kier alpha value is 1.29. The van der Waals surface area contributed by atoms with Crippen LogP contribution in [0.1, 0.15) is 6.42 Å². The summed E-state index contributed by atoms with van der Waals surface area (Å²) in [7, 11) is 3.91. The highest BCUT2D eigenvalue weighted by atomic mass is 31.1. The lowest BCUT2D eigenvalue weighted by molar-refractivity contribution is 1.11. The summed E-state index contributed by atoms with van der Waals surface area (Å²) in [6.07, 6.45) is 7.70. The second kappa shape index (κ2) is 6.03. The van der Waals surface area contributed by atoms with E-state index < -0.39 is 0 Å².